The van der Waals surface area contributed by atoms with Crippen LogP contribution in [0, 0.1) is 13.8 Å². The third-order valence-corrected chi connectivity index (χ3v) is 2.95. The van der Waals surface area contributed by atoms with Crippen molar-refractivity contribution in [1.29, 1.82) is 0 Å². The van der Waals surface area contributed by atoms with E-state index >= 15 is 0 Å². The third kappa shape index (κ3) is 2.88. The van der Waals surface area contributed by atoms with Crippen molar-refractivity contribution >= 4 is 5.69 Å². The molecule has 2 aromatic rings. The zero-order chi connectivity index (χ0) is 13.0. The molecule has 18 heavy (non-hydrogen) atoms. The number of rotatable bonds is 5. The van der Waals surface area contributed by atoms with Gasteiger partial charge >= 0.3 is 0 Å². The molecule has 0 aromatic carbocycles. The van der Waals surface area contributed by atoms with E-state index in [1.807, 2.05) is 32.4 Å². The summed E-state index contributed by atoms with van der Waals surface area (Å²) >= 11 is 0. The summed E-state index contributed by atoms with van der Waals surface area (Å²) in [6.45, 7) is 8.00. The van der Waals surface area contributed by atoms with Crippen molar-refractivity contribution in [2.75, 3.05) is 5.32 Å². The van der Waals surface area contributed by atoms with Crippen molar-refractivity contribution < 1.29 is 0 Å². The second-order valence-electron chi connectivity index (χ2n) is 4.52. The molecule has 4 heteroatoms. The van der Waals surface area contributed by atoms with E-state index in [0.29, 0.717) is 0 Å². The van der Waals surface area contributed by atoms with Crippen LogP contribution in [-0.2, 0) is 13.1 Å². The summed E-state index contributed by atoms with van der Waals surface area (Å²) in [5.41, 5.74) is 4.38. The molecular weight excluding hydrogens is 224 g/mol. The van der Waals surface area contributed by atoms with Crippen LogP contribution in [0.2, 0.25) is 0 Å². The number of aromatic nitrogens is 3. The van der Waals surface area contributed by atoms with Crippen molar-refractivity contribution in [3.63, 3.8) is 0 Å². The number of imidazole rings is 1. The second-order valence-corrected chi connectivity index (χ2v) is 4.52. The Kier molecular flexibility index (Phi) is 3.97. The number of hydrogen-bond acceptors (Lipinski definition) is 3. The highest BCUT2D eigenvalue weighted by molar-refractivity contribution is 5.47. The molecular formula is C14H20N4. The quantitative estimate of drug-likeness (QED) is 0.879. The van der Waals surface area contributed by atoms with E-state index in [9.17, 15) is 0 Å². The molecule has 0 bridgehead atoms. The van der Waals surface area contributed by atoms with Crippen LogP contribution in [-0.4, -0.2) is 14.5 Å². The largest absolute Gasteiger partial charge is 0.378 e. The zero-order valence-corrected chi connectivity index (χ0v) is 11.3. The van der Waals surface area contributed by atoms with Crippen LogP contribution in [0.5, 0.6) is 0 Å². The first kappa shape index (κ1) is 12.6. The van der Waals surface area contributed by atoms with E-state index in [-0.39, 0.29) is 0 Å². The smallest absolute Gasteiger partial charge is 0.0948 e. The predicted molar refractivity (Wildman–Crippen MR) is 73.6 cm³/mol. The molecule has 0 saturated carbocycles. The number of aryl methyl sites for hydroxylation is 3. The monoisotopic (exact) mass is 244 g/mol. The third-order valence-electron chi connectivity index (χ3n) is 2.95. The normalized spacial score (nSPS) is 10.6. The lowest BCUT2D eigenvalue weighted by Crippen LogP contribution is -2.08. The number of pyridine rings is 1. The van der Waals surface area contributed by atoms with Gasteiger partial charge in [-0.25, -0.2) is 4.98 Å². The Hall–Kier alpha value is -1.84. The minimum atomic E-state index is 0.783. The molecule has 0 amide bonds. The van der Waals surface area contributed by atoms with Gasteiger partial charge in [-0.05, 0) is 32.4 Å². The fraction of sp³-hybridized carbons (Fsp3) is 0.429. The maximum absolute atomic E-state index is 4.45. The highest BCUT2D eigenvalue weighted by Gasteiger charge is 2.03. The summed E-state index contributed by atoms with van der Waals surface area (Å²) in [5.74, 6) is 0. The lowest BCUT2D eigenvalue weighted by atomic mass is 10.2. The number of hydrogen-bond donors (Lipinski definition) is 1. The Balaban J connectivity index is 2.04. The molecule has 2 heterocycles. The minimum Gasteiger partial charge on any atom is -0.378 e. The van der Waals surface area contributed by atoms with E-state index in [4.69, 9.17) is 0 Å². The van der Waals surface area contributed by atoms with Gasteiger partial charge in [0.15, 0.2) is 0 Å². The average molecular weight is 244 g/mol. The Bertz CT molecular complexity index is 516. The van der Waals surface area contributed by atoms with Crippen LogP contribution in [0.1, 0.15) is 30.4 Å². The van der Waals surface area contributed by atoms with Crippen LogP contribution in [0.3, 0.4) is 0 Å². The molecule has 0 radical (unpaired) electrons. The molecule has 2 rings (SSSR count). The molecule has 2 aromatic heterocycles. The first-order valence-corrected chi connectivity index (χ1v) is 6.38. The summed E-state index contributed by atoms with van der Waals surface area (Å²) in [4.78, 5) is 8.64. The standard InChI is InChI=1S/C14H20N4/c1-4-7-18-10-15-8-13(18)9-16-14-6-5-11(2)17-12(14)3/h5-6,8,10,16H,4,7,9H2,1-3H3. The molecule has 0 atom stereocenters. The van der Waals surface area contributed by atoms with Crippen molar-refractivity contribution in [3.8, 4) is 0 Å². The van der Waals surface area contributed by atoms with Gasteiger partial charge in [-0.15, -0.1) is 0 Å². The highest BCUT2D eigenvalue weighted by atomic mass is 15.1. The van der Waals surface area contributed by atoms with Gasteiger partial charge < -0.3 is 9.88 Å². The number of nitrogens with zero attached hydrogens (tertiary/aromatic N) is 3. The fourth-order valence-electron chi connectivity index (χ4n) is 2.00. The summed E-state index contributed by atoms with van der Waals surface area (Å²) in [6.07, 6.45) is 4.93. The van der Waals surface area contributed by atoms with E-state index in [2.05, 4.69) is 32.8 Å². The first-order valence-electron chi connectivity index (χ1n) is 6.38. The van der Waals surface area contributed by atoms with E-state index in [0.717, 1.165) is 36.6 Å². The van der Waals surface area contributed by atoms with Crippen molar-refractivity contribution in [2.24, 2.45) is 0 Å². The molecule has 0 fully saturated rings. The van der Waals surface area contributed by atoms with Gasteiger partial charge in [0, 0.05) is 18.4 Å². The van der Waals surface area contributed by atoms with Gasteiger partial charge in [-0.1, -0.05) is 6.92 Å². The molecule has 0 aliphatic rings. The lowest BCUT2D eigenvalue weighted by molar-refractivity contribution is 0.651. The van der Waals surface area contributed by atoms with Gasteiger partial charge in [-0.3, -0.25) is 4.98 Å². The van der Waals surface area contributed by atoms with Crippen LogP contribution < -0.4 is 5.32 Å². The Morgan fingerprint density at radius 3 is 2.83 bits per heavy atom. The SMILES string of the molecule is CCCn1cncc1CNc1ccc(C)nc1C. The Morgan fingerprint density at radius 2 is 2.11 bits per heavy atom. The summed E-state index contributed by atoms with van der Waals surface area (Å²) in [7, 11) is 0. The van der Waals surface area contributed by atoms with Crippen molar-refractivity contribution in [3.05, 3.63) is 41.7 Å². The minimum absolute atomic E-state index is 0.783. The number of nitrogens with one attached hydrogen (secondary N) is 1. The molecule has 0 unspecified atom stereocenters. The highest BCUT2D eigenvalue weighted by Crippen LogP contribution is 2.14. The molecule has 4 nitrogen and oxygen atoms in total. The van der Waals surface area contributed by atoms with Gasteiger partial charge in [0.2, 0.25) is 0 Å². The van der Waals surface area contributed by atoms with E-state index in [1.54, 1.807) is 0 Å². The zero-order valence-electron chi connectivity index (χ0n) is 11.3. The van der Waals surface area contributed by atoms with E-state index in [1.165, 1.54) is 5.69 Å². The van der Waals surface area contributed by atoms with Gasteiger partial charge in [0.05, 0.1) is 29.9 Å². The van der Waals surface area contributed by atoms with Crippen molar-refractivity contribution in [2.45, 2.75) is 40.3 Å². The fourth-order valence-corrected chi connectivity index (χ4v) is 2.00. The van der Waals surface area contributed by atoms with Gasteiger partial charge in [0.1, 0.15) is 0 Å². The van der Waals surface area contributed by atoms with Gasteiger partial charge in [0.25, 0.3) is 0 Å². The Labute approximate surface area is 108 Å². The molecule has 0 saturated heterocycles. The molecule has 96 valence electrons. The summed E-state index contributed by atoms with van der Waals surface area (Å²) < 4.78 is 2.18. The van der Waals surface area contributed by atoms with Gasteiger partial charge in [-0.2, -0.15) is 0 Å². The van der Waals surface area contributed by atoms with Crippen LogP contribution in [0.4, 0.5) is 5.69 Å². The lowest BCUT2D eigenvalue weighted by Gasteiger charge is -2.11. The predicted octanol–water partition coefficient (Wildman–Crippen LogP) is 2.92. The maximum Gasteiger partial charge on any atom is 0.0948 e. The summed E-state index contributed by atoms with van der Waals surface area (Å²) in [6, 6.07) is 4.11. The number of anilines is 1. The molecule has 0 aliphatic heterocycles. The Morgan fingerprint density at radius 1 is 1.28 bits per heavy atom. The van der Waals surface area contributed by atoms with Crippen molar-refractivity contribution in [1.82, 2.24) is 14.5 Å². The topological polar surface area (TPSA) is 42.7 Å². The summed E-state index contributed by atoms with van der Waals surface area (Å²) in [5, 5.41) is 3.42. The maximum atomic E-state index is 4.45. The van der Waals surface area contributed by atoms with Crippen LogP contribution in [0.15, 0.2) is 24.7 Å². The van der Waals surface area contributed by atoms with E-state index < -0.39 is 0 Å². The first-order chi connectivity index (χ1) is 8.70. The molecule has 0 aliphatic carbocycles. The molecule has 0 spiro atoms. The molecule has 1 N–H and O–H groups in total. The second kappa shape index (κ2) is 5.67. The average Bonchev–Trinajstić information content (AvgIpc) is 2.76. The van der Waals surface area contributed by atoms with Crippen LogP contribution >= 0.6 is 0 Å². The van der Waals surface area contributed by atoms with Crippen LogP contribution in [0.25, 0.3) is 0 Å².